The number of hydrogen-bond acceptors (Lipinski definition) is 2. The first-order valence-corrected chi connectivity index (χ1v) is 5.98. The predicted octanol–water partition coefficient (Wildman–Crippen LogP) is 3.73. The Kier molecular flexibility index (Phi) is 5.47. The van der Waals surface area contributed by atoms with Gasteiger partial charge < -0.3 is 9.47 Å². The van der Waals surface area contributed by atoms with E-state index in [1.807, 2.05) is 31.2 Å². The van der Waals surface area contributed by atoms with Crippen molar-refractivity contribution in [3.05, 3.63) is 24.3 Å². The zero-order chi connectivity index (χ0) is 12.0. The van der Waals surface area contributed by atoms with Crippen LogP contribution in [-0.2, 0) is 0 Å². The minimum atomic E-state index is 0.194. The number of methoxy groups -OCH3 is 1. The summed E-state index contributed by atoms with van der Waals surface area (Å²) < 4.78 is 10.7. The Morgan fingerprint density at radius 3 is 2.19 bits per heavy atom. The number of halogens is 1. The molecule has 2 nitrogen and oxygen atoms in total. The first-order valence-electron chi connectivity index (χ1n) is 5.54. The second-order valence-corrected chi connectivity index (χ2v) is 4.66. The highest BCUT2D eigenvalue weighted by atomic mass is 35.5. The summed E-state index contributed by atoms with van der Waals surface area (Å²) in [7, 11) is 1.65. The third-order valence-electron chi connectivity index (χ3n) is 2.69. The summed E-state index contributed by atoms with van der Waals surface area (Å²) >= 11 is 5.98. The van der Waals surface area contributed by atoms with Gasteiger partial charge in [0.05, 0.1) is 13.7 Å². The Morgan fingerprint density at radius 2 is 1.69 bits per heavy atom. The summed E-state index contributed by atoms with van der Waals surface area (Å²) in [6.07, 6.45) is 0.969. The zero-order valence-corrected chi connectivity index (χ0v) is 10.8. The van der Waals surface area contributed by atoms with Crippen LogP contribution < -0.4 is 9.47 Å². The highest BCUT2D eigenvalue weighted by Crippen LogP contribution is 2.18. The average Bonchev–Trinajstić information content (AvgIpc) is 2.29. The van der Waals surface area contributed by atoms with Gasteiger partial charge in [-0.3, -0.25) is 0 Å². The molecule has 0 saturated heterocycles. The summed E-state index contributed by atoms with van der Waals surface area (Å²) in [5, 5.41) is 0.194. The standard InChI is InChI=1S/C13H19ClO2/c1-10(11(2)14)8-9-16-13-6-4-12(15-3)5-7-13/h4-7,10-11H,8-9H2,1-3H3. The second kappa shape index (κ2) is 6.64. The van der Waals surface area contributed by atoms with Crippen LogP contribution in [0.4, 0.5) is 0 Å². The van der Waals surface area contributed by atoms with Crippen molar-refractivity contribution in [2.45, 2.75) is 25.6 Å². The molecule has 0 amide bonds. The van der Waals surface area contributed by atoms with Crippen molar-refractivity contribution < 1.29 is 9.47 Å². The average molecular weight is 243 g/mol. The van der Waals surface area contributed by atoms with Crippen LogP contribution >= 0.6 is 11.6 Å². The fourth-order valence-corrected chi connectivity index (χ4v) is 1.39. The lowest BCUT2D eigenvalue weighted by Crippen LogP contribution is -2.11. The van der Waals surface area contributed by atoms with Gasteiger partial charge in [0.2, 0.25) is 0 Å². The van der Waals surface area contributed by atoms with Crippen molar-refractivity contribution in [2.75, 3.05) is 13.7 Å². The Morgan fingerprint density at radius 1 is 1.12 bits per heavy atom. The van der Waals surface area contributed by atoms with Crippen LogP contribution in [0.2, 0.25) is 0 Å². The highest BCUT2D eigenvalue weighted by Gasteiger charge is 2.08. The quantitative estimate of drug-likeness (QED) is 0.708. The van der Waals surface area contributed by atoms with Gasteiger partial charge in [-0.15, -0.1) is 11.6 Å². The Hall–Kier alpha value is -0.890. The summed E-state index contributed by atoms with van der Waals surface area (Å²) in [4.78, 5) is 0. The lowest BCUT2D eigenvalue weighted by Gasteiger charge is -2.14. The summed E-state index contributed by atoms with van der Waals surface area (Å²) in [5.41, 5.74) is 0. The van der Waals surface area contributed by atoms with Gasteiger partial charge in [0.25, 0.3) is 0 Å². The monoisotopic (exact) mass is 242 g/mol. The fraction of sp³-hybridized carbons (Fsp3) is 0.538. The van der Waals surface area contributed by atoms with Crippen molar-refractivity contribution in [2.24, 2.45) is 5.92 Å². The van der Waals surface area contributed by atoms with E-state index in [4.69, 9.17) is 21.1 Å². The maximum atomic E-state index is 5.98. The molecule has 16 heavy (non-hydrogen) atoms. The fourth-order valence-electron chi connectivity index (χ4n) is 1.26. The smallest absolute Gasteiger partial charge is 0.119 e. The number of ether oxygens (including phenoxy) is 2. The topological polar surface area (TPSA) is 18.5 Å². The molecule has 0 aliphatic carbocycles. The van der Waals surface area contributed by atoms with Gasteiger partial charge >= 0.3 is 0 Å². The van der Waals surface area contributed by atoms with Gasteiger partial charge in [-0.1, -0.05) is 6.92 Å². The minimum Gasteiger partial charge on any atom is -0.497 e. The molecule has 1 aromatic carbocycles. The van der Waals surface area contributed by atoms with Crippen molar-refractivity contribution in [3.8, 4) is 11.5 Å². The molecule has 1 rings (SSSR count). The van der Waals surface area contributed by atoms with Gasteiger partial charge in [-0.05, 0) is 43.5 Å². The Labute approximate surface area is 103 Å². The van der Waals surface area contributed by atoms with Crippen LogP contribution in [-0.4, -0.2) is 19.1 Å². The van der Waals surface area contributed by atoms with Gasteiger partial charge in [0, 0.05) is 5.38 Å². The Balaban J connectivity index is 2.31. The SMILES string of the molecule is COc1ccc(OCCC(C)C(C)Cl)cc1. The van der Waals surface area contributed by atoms with Crippen LogP contribution in [0.25, 0.3) is 0 Å². The normalized spacial score (nSPS) is 14.2. The number of rotatable bonds is 6. The molecule has 0 aliphatic rings. The highest BCUT2D eigenvalue weighted by molar-refractivity contribution is 6.20. The molecule has 1 aromatic rings. The third kappa shape index (κ3) is 4.31. The first kappa shape index (κ1) is 13.2. The molecule has 2 atom stereocenters. The predicted molar refractivity (Wildman–Crippen MR) is 67.6 cm³/mol. The second-order valence-electron chi connectivity index (χ2n) is 3.97. The van der Waals surface area contributed by atoms with E-state index in [2.05, 4.69) is 6.92 Å². The third-order valence-corrected chi connectivity index (χ3v) is 3.12. The van der Waals surface area contributed by atoms with Gasteiger partial charge in [-0.2, -0.15) is 0 Å². The van der Waals surface area contributed by atoms with Crippen molar-refractivity contribution >= 4 is 11.6 Å². The molecule has 0 saturated carbocycles. The Bertz CT molecular complexity index is 295. The van der Waals surface area contributed by atoms with E-state index in [9.17, 15) is 0 Å². The van der Waals surface area contributed by atoms with E-state index in [0.717, 1.165) is 17.9 Å². The van der Waals surface area contributed by atoms with Crippen LogP contribution in [0.1, 0.15) is 20.3 Å². The summed E-state index contributed by atoms with van der Waals surface area (Å²) in [5.74, 6) is 2.19. The molecule has 90 valence electrons. The number of alkyl halides is 1. The van der Waals surface area contributed by atoms with Crippen LogP contribution in [0.3, 0.4) is 0 Å². The van der Waals surface area contributed by atoms with E-state index < -0.39 is 0 Å². The lowest BCUT2D eigenvalue weighted by molar-refractivity contribution is 0.282. The van der Waals surface area contributed by atoms with Crippen LogP contribution in [0, 0.1) is 5.92 Å². The van der Waals surface area contributed by atoms with E-state index >= 15 is 0 Å². The lowest BCUT2D eigenvalue weighted by atomic mass is 10.1. The molecule has 0 heterocycles. The molecule has 3 heteroatoms. The van der Waals surface area contributed by atoms with Crippen LogP contribution in [0.15, 0.2) is 24.3 Å². The molecule has 0 aliphatic heterocycles. The molecule has 0 bridgehead atoms. The minimum absolute atomic E-state index is 0.194. The first-order chi connectivity index (χ1) is 7.63. The maximum Gasteiger partial charge on any atom is 0.119 e. The number of hydrogen-bond donors (Lipinski definition) is 0. The molecular formula is C13H19ClO2. The molecule has 2 unspecified atom stereocenters. The number of benzene rings is 1. The van der Waals surface area contributed by atoms with Gasteiger partial charge in [0.1, 0.15) is 11.5 Å². The molecule has 0 aromatic heterocycles. The van der Waals surface area contributed by atoms with E-state index in [0.29, 0.717) is 12.5 Å². The zero-order valence-electron chi connectivity index (χ0n) is 10.1. The summed E-state index contributed by atoms with van der Waals surface area (Å²) in [6.45, 7) is 4.85. The molecule has 0 radical (unpaired) electrons. The van der Waals surface area contributed by atoms with Crippen molar-refractivity contribution in [3.63, 3.8) is 0 Å². The molecule has 0 fully saturated rings. The van der Waals surface area contributed by atoms with E-state index in [-0.39, 0.29) is 5.38 Å². The van der Waals surface area contributed by atoms with E-state index in [1.165, 1.54) is 0 Å². The molecule has 0 spiro atoms. The van der Waals surface area contributed by atoms with Crippen molar-refractivity contribution in [1.82, 2.24) is 0 Å². The van der Waals surface area contributed by atoms with Crippen molar-refractivity contribution in [1.29, 1.82) is 0 Å². The maximum absolute atomic E-state index is 5.98. The largest absolute Gasteiger partial charge is 0.497 e. The van der Waals surface area contributed by atoms with Gasteiger partial charge in [0.15, 0.2) is 0 Å². The summed E-state index contributed by atoms with van der Waals surface area (Å²) in [6, 6.07) is 7.60. The van der Waals surface area contributed by atoms with E-state index in [1.54, 1.807) is 7.11 Å². The van der Waals surface area contributed by atoms with Crippen LogP contribution in [0.5, 0.6) is 11.5 Å². The van der Waals surface area contributed by atoms with Gasteiger partial charge in [-0.25, -0.2) is 0 Å². The molecular weight excluding hydrogens is 224 g/mol. The molecule has 0 N–H and O–H groups in total.